The molecule has 2 aromatic carbocycles. The van der Waals surface area contributed by atoms with Crippen molar-refractivity contribution < 1.29 is 4.79 Å². The van der Waals surface area contributed by atoms with E-state index in [1.165, 1.54) is 0 Å². The van der Waals surface area contributed by atoms with E-state index in [0.717, 1.165) is 21.9 Å². The minimum atomic E-state index is 0.0274. The predicted molar refractivity (Wildman–Crippen MR) is 90.6 cm³/mol. The molecule has 0 bridgehead atoms. The van der Waals surface area contributed by atoms with Gasteiger partial charge in [-0.2, -0.15) is 0 Å². The fourth-order valence-corrected chi connectivity index (χ4v) is 3.10. The molecule has 0 aliphatic heterocycles. The van der Waals surface area contributed by atoms with Gasteiger partial charge >= 0.3 is 0 Å². The van der Waals surface area contributed by atoms with Crippen LogP contribution in [0.2, 0.25) is 5.02 Å². The summed E-state index contributed by atoms with van der Waals surface area (Å²) in [6.07, 6.45) is 0. The lowest BCUT2D eigenvalue weighted by Crippen LogP contribution is -2.28. The van der Waals surface area contributed by atoms with Crippen molar-refractivity contribution >= 4 is 29.3 Å². The third-order valence-corrected chi connectivity index (χ3v) is 4.48. The Morgan fingerprint density at radius 3 is 2.52 bits per heavy atom. The molecule has 21 heavy (non-hydrogen) atoms. The highest BCUT2D eigenvalue weighted by molar-refractivity contribution is 7.99. The minimum Gasteiger partial charge on any atom is -0.349 e. The van der Waals surface area contributed by atoms with Crippen LogP contribution >= 0.6 is 23.4 Å². The third-order valence-electron chi connectivity index (χ3n) is 3.13. The fraction of sp³-hybridized carbons (Fsp3) is 0.235. The summed E-state index contributed by atoms with van der Waals surface area (Å²) in [5.74, 6) is 1.22. The monoisotopic (exact) mass is 319 g/mol. The van der Waals surface area contributed by atoms with Crippen LogP contribution in [0.5, 0.6) is 0 Å². The molecule has 0 fully saturated rings. The molecule has 0 saturated heterocycles. The van der Waals surface area contributed by atoms with Gasteiger partial charge in [-0.05, 0) is 24.1 Å². The Morgan fingerprint density at radius 1 is 1.14 bits per heavy atom. The standard InChI is InChI=1S/C17H18ClNOS/c1-13(14-7-3-2-4-8-14)19-17(20)12-21-11-15-9-5-6-10-16(15)18/h2-10,13H,11-12H2,1H3,(H,19,20)/t13-/m1/s1. The molecule has 0 radical (unpaired) electrons. The second-order valence-corrected chi connectivity index (χ2v) is 6.18. The topological polar surface area (TPSA) is 29.1 Å². The number of amides is 1. The van der Waals surface area contributed by atoms with E-state index in [1.807, 2.05) is 61.5 Å². The van der Waals surface area contributed by atoms with Crippen LogP contribution in [0.15, 0.2) is 54.6 Å². The van der Waals surface area contributed by atoms with Gasteiger partial charge in [0, 0.05) is 10.8 Å². The average molecular weight is 320 g/mol. The number of carbonyl (C=O) groups excluding carboxylic acids is 1. The van der Waals surface area contributed by atoms with E-state index in [1.54, 1.807) is 11.8 Å². The van der Waals surface area contributed by atoms with E-state index in [4.69, 9.17) is 11.6 Å². The Morgan fingerprint density at radius 2 is 1.81 bits per heavy atom. The molecule has 0 unspecified atom stereocenters. The highest BCUT2D eigenvalue weighted by atomic mass is 35.5. The van der Waals surface area contributed by atoms with Crippen LogP contribution in [0.1, 0.15) is 24.1 Å². The number of halogens is 1. The van der Waals surface area contributed by atoms with Crippen molar-refractivity contribution in [3.8, 4) is 0 Å². The largest absolute Gasteiger partial charge is 0.349 e. The van der Waals surface area contributed by atoms with Crippen molar-refractivity contribution in [1.82, 2.24) is 5.32 Å². The van der Waals surface area contributed by atoms with Gasteiger partial charge in [-0.3, -0.25) is 4.79 Å². The summed E-state index contributed by atoms with van der Waals surface area (Å²) in [5, 5.41) is 3.76. The highest BCUT2D eigenvalue weighted by Crippen LogP contribution is 2.20. The number of carbonyl (C=O) groups is 1. The van der Waals surface area contributed by atoms with Gasteiger partial charge in [0.1, 0.15) is 0 Å². The molecular formula is C17H18ClNOS. The first kappa shape index (κ1) is 15.9. The molecule has 0 aliphatic carbocycles. The van der Waals surface area contributed by atoms with Crippen LogP contribution in [-0.4, -0.2) is 11.7 Å². The van der Waals surface area contributed by atoms with Crippen LogP contribution in [0.3, 0.4) is 0 Å². The van der Waals surface area contributed by atoms with Gasteiger partial charge in [0.2, 0.25) is 5.91 Å². The summed E-state index contributed by atoms with van der Waals surface area (Å²) < 4.78 is 0. The fourth-order valence-electron chi connectivity index (χ4n) is 1.98. The first-order chi connectivity index (χ1) is 10.2. The second kappa shape index (κ2) is 8.11. The van der Waals surface area contributed by atoms with Crippen molar-refractivity contribution in [1.29, 1.82) is 0 Å². The summed E-state index contributed by atoms with van der Waals surface area (Å²) >= 11 is 7.66. The SMILES string of the molecule is C[C@@H](NC(=O)CSCc1ccccc1Cl)c1ccccc1. The molecule has 1 atom stereocenters. The number of rotatable bonds is 6. The Hall–Kier alpha value is -1.45. The number of hydrogen-bond acceptors (Lipinski definition) is 2. The normalized spacial score (nSPS) is 11.9. The Kier molecular flexibility index (Phi) is 6.15. The molecular weight excluding hydrogens is 302 g/mol. The van der Waals surface area contributed by atoms with Crippen molar-refractivity contribution in [2.75, 3.05) is 5.75 Å². The van der Waals surface area contributed by atoms with Gasteiger partial charge in [0.05, 0.1) is 11.8 Å². The first-order valence-electron chi connectivity index (χ1n) is 6.82. The molecule has 4 heteroatoms. The van der Waals surface area contributed by atoms with Crippen LogP contribution in [0.4, 0.5) is 0 Å². The lowest BCUT2D eigenvalue weighted by Gasteiger charge is -2.14. The number of benzene rings is 2. The molecule has 0 aromatic heterocycles. The zero-order valence-corrected chi connectivity index (χ0v) is 13.5. The van der Waals surface area contributed by atoms with E-state index >= 15 is 0 Å². The summed E-state index contributed by atoms with van der Waals surface area (Å²) in [7, 11) is 0. The third kappa shape index (κ3) is 5.10. The van der Waals surface area contributed by atoms with Gasteiger partial charge in [-0.15, -0.1) is 11.8 Å². The Balaban J connectivity index is 1.76. The highest BCUT2D eigenvalue weighted by Gasteiger charge is 2.09. The van der Waals surface area contributed by atoms with E-state index in [0.29, 0.717) is 5.75 Å². The molecule has 0 spiro atoms. The number of hydrogen-bond donors (Lipinski definition) is 1. The molecule has 2 aromatic rings. The summed E-state index contributed by atoms with van der Waals surface area (Å²) in [5.41, 5.74) is 2.18. The van der Waals surface area contributed by atoms with Crippen molar-refractivity contribution in [3.05, 3.63) is 70.7 Å². The summed E-state index contributed by atoms with van der Waals surface area (Å²) in [6, 6.07) is 17.7. The van der Waals surface area contributed by atoms with Crippen LogP contribution in [0, 0.1) is 0 Å². The van der Waals surface area contributed by atoms with Gasteiger partial charge in [0.25, 0.3) is 0 Å². The van der Waals surface area contributed by atoms with Gasteiger partial charge < -0.3 is 5.32 Å². The van der Waals surface area contributed by atoms with Gasteiger partial charge in [0.15, 0.2) is 0 Å². The van der Waals surface area contributed by atoms with E-state index in [9.17, 15) is 4.79 Å². The van der Waals surface area contributed by atoms with Crippen LogP contribution in [0.25, 0.3) is 0 Å². The number of nitrogens with one attached hydrogen (secondary N) is 1. The maximum absolute atomic E-state index is 11.9. The molecule has 0 aliphatic rings. The molecule has 2 nitrogen and oxygen atoms in total. The Labute approximate surface area is 134 Å². The first-order valence-corrected chi connectivity index (χ1v) is 8.35. The molecule has 1 N–H and O–H groups in total. The van der Waals surface area contributed by atoms with Gasteiger partial charge in [-0.25, -0.2) is 0 Å². The van der Waals surface area contributed by atoms with Crippen molar-refractivity contribution in [2.24, 2.45) is 0 Å². The molecule has 110 valence electrons. The molecule has 2 rings (SSSR count). The minimum absolute atomic E-state index is 0.0274. The van der Waals surface area contributed by atoms with E-state index < -0.39 is 0 Å². The maximum Gasteiger partial charge on any atom is 0.230 e. The van der Waals surface area contributed by atoms with E-state index in [2.05, 4.69) is 5.32 Å². The molecule has 0 saturated carbocycles. The zero-order valence-electron chi connectivity index (χ0n) is 11.9. The summed E-state index contributed by atoms with van der Waals surface area (Å²) in [4.78, 5) is 11.9. The predicted octanol–water partition coefficient (Wildman–Crippen LogP) is 4.45. The van der Waals surface area contributed by atoms with Crippen LogP contribution < -0.4 is 5.32 Å². The smallest absolute Gasteiger partial charge is 0.230 e. The second-order valence-electron chi connectivity index (χ2n) is 4.78. The quantitative estimate of drug-likeness (QED) is 0.852. The van der Waals surface area contributed by atoms with Crippen LogP contribution in [-0.2, 0) is 10.5 Å². The lowest BCUT2D eigenvalue weighted by atomic mass is 10.1. The van der Waals surface area contributed by atoms with E-state index in [-0.39, 0.29) is 11.9 Å². The lowest BCUT2D eigenvalue weighted by molar-refractivity contribution is -0.119. The molecule has 0 heterocycles. The Bertz CT molecular complexity index is 588. The average Bonchev–Trinajstić information content (AvgIpc) is 2.50. The zero-order chi connectivity index (χ0) is 15.1. The maximum atomic E-state index is 11.9. The van der Waals surface area contributed by atoms with Gasteiger partial charge in [-0.1, -0.05) is 60.1 Å². The summed E-state index contributed by atoms with van der Waals surface area (Å²) in [6.45, 7) is 1.99. The van der Waals surface area contributed by atoms with Crippen molar-refractivity contribution in [2.45, 2.75) is 18.7 Å². The number of thioether (sulfide) groups is 1. The van der Waals surface area contributed by atoms with Crippen molar-refractivity contribution in [3.63, 3.8) is 0 Å². The molecule has 1 amide bonds.